The topological polar surface area (TPSA) is 53.1 Å². The molecule has 2 aliphatic heterocycles. The van der Waals surface area contributed by atoms with Crippen LogP contribution in [0.3, 0.4) is 0 Å². The second-order valence-corrected chi connectivity index (χ2v) is 5.04. The Bertz CT molecular complexity index is 398. The van der Waals surface area contributed by atoms with Gasteiger partial charge in [0.1, 0.15) is 5.82 Å². The summed E-state index contributed by atoms with van der Waals surface area (Å²) in [6.07, 6.45) is 2.99. The number of ether oxygens (including phenoxy) is 1. The minimum absolute atomic E-state index is 0.235. The molecule has 0 bridgehead atoms. The summed E-state index contributed by atoms with van der Waals surface area (Å²) in [7, 11) is 0. The minimum Gasteiger partial charge on any atom is -0.381 e. The van der Waals surface area contributed by atoms with Crippen molar-refractivity contribution in [1.29, 1.82) is 0 Å². The summed E-state index contributed by atoms with van der Waals surface area (Å²) in [4.78, 5) is 4.50. The van der Waals surface area contributed by atoms with Gasteiger partial charge in [0.15, 0.2) is 5.15 Å². The quantitative estimate of drug-likeness (QED) is 0.807. The molecule has 5 heteroatoms. The first kappa shape index (κ1) is 10.6. The van der Waals surface area contributed by atoms with Crippen molar-refractivity contribution in [2.45, 2.75) is 37.8 Å². The molecular weight excluding hydrogens is 226 g/mol. The Morgan fingerprint density at radius 2 is 2.31 bits per heavy atom. The van der Waals surface area contributed by atoms with E-state index in [4.69, 9.17) is 22.1 Å². The molecule has 1 aromatic heterocycles. The molecule has 2 N–H and O–H groups in total. The fraction of sp³-hybridized carbons (Fsp3) is 0.727. The lowest BCUT2D eigenvalue weighted by Crippen LogP contribution is -2.33. The zero-order chi connectivity index (χ0) is 11.1. The van der Waals surface area contributed by atoms with Crippen LogP contribution >= 0.6 is 11.6 Å². The predicted molar refractivity (Wildman–Crippen MR) is 61.7 cm³/mol. The van der Waals surface area contributed by atoms with E-state index in [2.05, 4.69) is 9.55 Å². The Hall–Kier alpha value is -0.580. The molecular formula is C11H16ClN3O. The molecule has 16 heavy (non-hydrogen) atoms. The Morgan fingerprint density at radius 1 is 1.44 bits per heavy atom. The largest absolute Gasteiger partial charge is 0.381 e. The molecule has 88 valence electrons. The van der Waals surface area contributed by atoms with E-state index in [1.165, 1.54) is 0 Å². The van der Waals surface area contributed by atoms with Gasteiger partial charge in [-0.15, -0.1) is 0 Å². The second kappa shape index (κ2) is 4.02. The molecule has 1 fully saturated rings. The lowest BCUT2D eigenvalue weighted by Gasteiger charge is -2.23. The maximum absolute atomic E-state index is 6.18. The third-order valence-corrected chi connectivity index (χ3v) is 3.82. The Kier molecular flexibility index (Phi) is 2.65. The first-order valence-electron chi connectivity index (χ1n) is 5.84. The second-order valence-electron chi connectivity index (χ2n) is 4.68. The number of nitrogens with zero attached hydrogens (tertiary/aromatic N) is 2. The van der Waals surface area contributed by atoms with Crippen LogP contribution in [0.5, 0.6) is 0 Å². The lowest BCUT2D eigenvalue weighted by atomic mass is 10.0. The van der Waals surface area contributed by atoms with Crippen molar-refractivity contribution in [3.8, 4) is 0 Å². The standard InChI is InChI=1S/C11H16ClN3O/c12-10-9-2-1-8(13)5-15(9)11(14-10)7-3-4-16-6-7/h7-8H,1-6,13H2. The van der Waals surface area contributed by atoms with Gasteiger partial charge in [0.25, 0.3) is 0 Å². The van der Waals surface area contributed by atoms with Gasteiger partial charge < -0.3 is 15.0 Å². The summed E-state index contributed by atoms with van der Waals surface area (Å²) in [5, 5.41) is 0.661. The molecule has 0 saturated carbocycles. The highest BCUT2D eigenvalue weighted by molar-refractivity contribution is 6.30. The summed E-state index contributed by atoms with van der Waals surface area (Å²) in [5.74, 6) is 1.48. The normalized spacial score (nSPS) is 29.4. The van der Waals surface area contributed by atoms with E-state index in [9.17, 15) is 0 Å². The summed E-state index contributed by atoms with van der Waals surface area (Å²) in [5.41, 5.74) is 7.16. The highest BCUT2D eigenvalue weighted by atomic mass is 35.5. The third kappa shape index (κ3) is 1.65. The third-order valence-electron chi connectivity index (χ3n) is 3.52. The number of hydrogen-bond donors (Lipinski definition) is 1. The van der Waals surface area contributed by atoms with Crippen LogP contribution in [-0.4, -0.2) is 28.8 Å². The highest BCUT2D eigenvalue weighted by Crippen LogP contribution is 2.31. The first-order valence-corrected chi connectivity index (χ1v) is 6.21. The van der Waals surface area contributed by atoms with Crippen molar-refractivity contribution in [2.24, 2.45) is 5.73 Å². The van der Waals surface area contributed by atoms with Gasteiger partial charge in [0.05, 0.1) is 12.3 Å². The van der Waals surface area contributed by atoms with Crippen LogP contribution in [0, 0.1) is 0 Å². The van der Waals surface area contributed by atoms with Crippen LogP contribution in [0.15, 0.2) is 0 Å². The summed E-state index contributed by atoms with van der Waals surface area (Å²) >= 11 is 6.18. The van der Waals surface area contributed by atoms with E-state index in [1.54, 1.807) is 0 Å². The summed E-state index contributed by atoms with van der Waals surface area (Å²) < 4.78 is 7.63. The molecule has 0 aromatic carbocycles. The van der Waals surface area contributed by atoms with E-state index < -0.39 is 0 Å². The molecule has 0 amide bonds. The fourth-order valence-electron chi connectivity index (χ4n) is 2.61. The molecule has 2 unspecified atom stereocenters. The Balaban J connectivity index is 1.98. The van der Waals surface area contributed by atoms with Gasteiger partial charge in [0, 0.05) is 25.1 Å². The molecule has 3 heterocycles. The van der Waals surface area contributed by atoms with Gasteiger partial charge in [-0.2, -0.15) is 0 Å². The van der Waals surface area contributed by atoms with Gasteiger partial charge in [0.2, 0.25) is 0 Å². The van der Waals surface area contributed by atoms with Crippen molar-refractivity contribution in [1.82, 2.24) is 9.55 Å². The zero-order valence-corrected chi connectivity index (χ0v) is 9.91. The van der Waals surface area contributed by atoms with Gasteiger partial charge in [-0.05, 0) is 19.3 Å². The van der Waals surface area contributed by atoms with Crippen LogP contribution < -0.4 is 5.73 Å². The molecule has 1 saturated heterocycles. The van der Waals surface area contributed by atoms with E-state index in [0.717, 1.165) is 50.5 Å². The molecule has 2 atom stereocenters. The lowest BCUT2D eigenvalue weighted by molar-refractivity contribution is 0.192. The van der Waals surface area contributed by atoms with Crippen LogP contribution in [0.25, 0.3) is 0 Å². The molecule has 3 rings (SSSR count). The number of aromatic nitrogens is 2. The molecule has 0 aliphatic carbocycles. The van der Waals surface area contributed by atoms with Crippen molar-refractivity contribution < 1.29 is 4.74 Å². The smallest absolute Gasteiger partial charge is 0.150 e. The Labute approximate surface area is 99.7 Å². The van der Waals surface area contributed by atoms with Crippen molar-refractivity contribution in [2.75, 3.05) is 13.2 Å². The SMILES string of the molecule is NC1CCc2c(Cl)nc(C3CCOC3)n2C1. The van der Waals surface area contributed by atoms with Gasteiger partial charge in [-0.3, -0.25) is 0 Å². The number of rotatable bonds is 1. The van der Waals surface area contributed by atoms with E-state index in [0.29, 0.717) is 11.1 Å². The van der Waals surface area contributed by atoms with Gasteiger partial charge in [-0.25, -0.2) is 4.98 Å². The average molecular weight is 242 g/mol. The molecule has 4 nitrogen and oxygen atoms in total. The van der Waals surface area contributed by atoms with Crippen LogP contribution in [0.2, 0.25) is 5.15 Å². The van der Waals surface area contributed by atoms with E-state index in [-0.39, 0.29) is 6.04 Å². The molecule has 2 aliphatic rings. The van der Waals surface area contributed by atoms with E-state index >= 15 is 0 Å². The van der Waals surface area contributed by atoms with Crippen molar-refractivity contribution >= 4 is 11.6 Å². The zero-order valence-electron chi connectivity index (χ0n) is 9.16. The Morgan fingerprint density at radius 3 is 3.06 bits per heavy atom. The van der Waals surface area contributed by atoms with Crippen molar-refractivity contribution in [3.05, 3.63) is 16.7 Å². The van der Waals surface area contributed by atoms with E-state index in [1.807, 2.05) is 0 Å². The maximum atomic E-state index is 6.18. The maximum Gasteiger partial charge on any atom is 0.150 e. The van der Waals surface area contributed by atoms with Gasteiger partial charge >= 0.3 is 0 Å². The molecule has 0 radical (unpaired) electrons. The van der Waals surface area contributed by atoms with Gasteiger partial charge in [-0.1, -0.05) is 11.6 Å². The van der Waals surface area contributed by atoms with Crippen LogP contribution in [0.1, 0.15) is 30.3 Å². The number of imidazole rings is 1. The summed E-state index contributed by atoms with van der Waals surface area (Å²) in [6, 6.07) is 0.235. The number of nitrogens with two attached hydrogens (primary N) is 1. The van der Waals surface area contributed by atoms with Crippen molar-refractivity contribution in [3.63, 3.8) is 0 Å². The predicted octanol–water partition coefficient (Wildman–Crippen LogP) is 1.31. The molecule has 1 aromatic rings. The number of halogens is 1. The number of hydrogen-bond acceptors (Lipinski definition) is 3. The number of fused-ring (bicyclic) bond motifs is 1. The molecule has 0 spiro atoms. The van der Waals surface area contributed by atoms with Crippen LogP contribution in [-0.2, 0) is 17.7 Å². The summed E-state index contributed by atoms with van der Waals surface area (Å²) in [6.45, 7) is 2.44. The minimum atomic E-state index is 0.235. The average Bonchev–Trinajstić information content (AvgIpc) is 2.86. The monoisotopic (exact) mass is 241 g/mol. The highest BCUT2D eigenvalue weighted by Gasteiger charge is 2.28. The first-order chi connectivity index (χ1) is 7.75. The van der Waals surface area contributed by atoms with Crippen LogP contribution in [0.4, 0.5) is 0 Å². The fourth-order valence-corrected chi connectivity index (χ4v) is 2.90.